The van der Waals surface area contributed by atoms with Crippen LogP contribution in [0.1, 0.15) is 31.2 Å². The van der Waals surface area contributed by atoms with E-state index in [0.29, 0.717) is 4.47 Å². The molecule has 1 aromatic rings. The summed E-state index contributed by atoms with van der Waals surface area (Å²) in [5.74, 6) is -0.213. The molecule has 1 aromatic carbocycles. The van der Waals surface area contributed by atoms with E-state index in [-0.39, 0.29) is 12.0 Å². The third kappa shape index (κ3) is 2.56. The maximum absolute atomic E-state index is 13.7. The molecule has 2 nitrogen and oxygen atoms in total. The third-order valence-corrected chi connectivity index (χ3v) is 4.55. The van der Waals surface area contributed by atoms with Crippen LogP contribution in [-0.4, -0.2) is 19.4 Å². The molecule has 3 rings (SSSR count). The van der Waals surface area contributed by atoms with Gasteiger partial charge in [-0.25, -0.2) is 4.39 Å². The molecule has 1 fully saturated rings. The number of fused-ring (bicyclic) bond motifs is 1. The smallest absolute Gasteiger partial charge is 0.138 e. The van der Waals surface area contributed by atoms with Crippen molar-refractivity contribution in [2.45, 2.75) is 31.9 Å². The van der Waals surface area contributed by atoms with Crippen molar-refractivity contribution in [2.24, 2.45) is 0 Å². The molecule has 0 saturated carbocycles. The first kappa shape index (κ1) is 13.1. The van der Waals surface area contributed by atoms with E-state index >= 15 is 0 Å². The Kier molecular flexibility index (Phi) is 3.89. The van der Waals surface area contributed by atoms with Gasteiger partial charge in [0.2, 0.25) is 0 Å². The first-order valence-electron chi connectivity index (χ1n) is 6.80. The maximum Gasteiger partial charge on any atom is 0.138 e. The highest BCUT2D eigenvalue weighted by atomic mass is 79.9. The Morgan fingerprint density at radius 2 is 2.21 bits per heavy atom. The molecule has 0 N–H and O–H groups in total. The number of hydrogen-bond donors (Lipinski definition) is 0. The minimum atomic E-state index is -0.213. The Labute approximate surface area is 121 Å². The predicted molar refractivity (Wildman–Crippen MR) is 78.7 cm³/mol. The van der Waals surface area contributed by atoms with Crippen LogP contribution in [0.2, 0.25) is 0 Å². The monoisotopic (exact) mass is 325 g/mol. The quantitative estimate of drug-likeness (QED) is 0.761. The molecule has 1 saturated heterocycles. The van der Waals surface area contributed by atoms with Crippen molar-refractivity contribution in [3.8, 4) is 0 Å². The first-order valence-corrected chi connectivity index (χ1v) is 7.59. The number of benzene rings is 1. The lowest BCUT2D eigenvalue weighted by Crippen LogP contribution is -2.40. The van der Waals surface area contributed by atoms with E-state index in [1.165, 1.54) is 12.5 Å². The van der Waals surface area contributed by atoms with Gasteiger partial charge in [-0.2, -0.15) is 0 Å². The van der Waals surface area contributed by atoms with Gasteiger partial charge in [0.15, 0.2) is 0 Å². The van der Waals surface area contributed by atoms with Crippen LogP contribution in [0.15, 0.2) is 22.7 Å². The molecular formula is C15H17BrFNO. The third-order valence-electron chi connectivity index (χ3n) is 3.74. The average molecular weight is 326 g/mol. The highest BCUT2D eigenvalue weighted by Crippen LogP contribution is 2.35. The van der Waals surface area contributed by atoms with Gasteiger partial charge in [-0.05, 0) is 53.7 Å². The summed E-state index contributed by atoms with van der Waals surface area (Å²) in [6, 6.07) is 3.39. The highest BCUT2D eigenvalue weighted by molar-refractivity contribution is 9.10. The topological polar surface area (TPSA) is 12.5 Å². The molecular weight excluding hydrogens is 309 g/mol. The lowest BCUT2D eigenvalue weighted by molar-refractivity contribution is 0.0145. The Balaban J connectivity index is 1.99. The zero-order chi connectivity index (χ0) is 13.2. The van der Waals surface area contributed by atoms with Crippen molar-refractivity contribution in [2.75, 3.05) is 18.1 Å². The zero-order valence-corrected chi connectivity index (χ0v) is 12.3. The van der Waals surface area contributed by atoms with E-state index in [1.807, 2.05) is 12.1 Å². The second kappa shape index (κ2) is 5.63. The average Bonchev–Trinajstić information content (AvgIpc) is 2.67. The number of ether oxygens (including phenoxy) is 1. The van der Waals surface area contributed by atoms with Crippen molar-refractivity contribution in [1.29, 1.82) is 0 Å². The number of halogens is 2. The Bertz CT molecular complexity index is 497. The number of nitrogens with zero attached hydrogens (tertiary/aromatic N) is 1. The molecule has 0 spiro atoms. The molecule has 2 heterocycles. The van der Waals surface area contributed by atoms with Crippen LogP contribution in [0.3, 0.4) is 0 Å². The van der Waals surface area contributed by atoms with Crippen LogP contribution in [0, 0.1) is 5.82 Å². The van der Waals surface area contributed by atoms with Gasteiger partial charge in [-0.15, -0.1) is 0 Å². The maximum atomic E-state index is 13.7. The predicted octanol–water partition coefficient (Wildman–Crippen LogP) is 4.34. The van der Waals surface area contributed by atoms with Crippen LogP contribution in [0.4, 0.5) is 10.1 Å². The van der Waals surface area contributed by atoms with E-state index in [2.05, 4.69) is 26.9 Å². The Hall–Kier alpha value is -0.870. The van der Waals surface area contributed by atoms with E-state index in [4.69, 9.17) is 4.74 Å². The zero-order valence-electron chi connectivity index (χ0n) is 10.7. The van der Waals surface area contributed by atoms with E-state index < -0.39 is 0 Å². The molecule has 1 unspecified atom stereocenters. The molecule has 0 bridgehead atoms. The molecule has 19 heavy (non-hydrogen) atoms. The van der Waals surface area contributed by atoms with Crippen molar-refractivity contribution in [3.05, 3.63) is 34.1 Å². The Morgan fingerprint density at radius 1 is 1.32 bits per heavy atom. The van der Waals surface area contributed by atoms with Gasteiger partial charge in [-0.1, -0.05) is 12.2 Å². The minimum Gasteiger partial charge on any atom is -0.358 e. The van der Waals surface area contributed by atoms with Crippen LogP contribution in [-0.2, 0) is 4.74 Å². The van der Waals surface area contributed by atoms with Crippen molar-refractivity contribution < 1.29 is 9.13 Å². The summed E-state index contributed by atoms with van der Waals surface area (Å²) in [6.07, 6.45) is 8.59. The molecule has 0 aliphatic carbocycles. The molecule has 2 aliphatic heterocycles. The van der Waals surface area contributed by atoms with Gasteiger partial charge >= 0.3 is 0 Å². The van der Waals surface area contributed by atoms with Gasteiger partial charge in [0.05, 0.1) is 4.47 Å². The van der Waals surface area contributed by atoms with E-state index in [1.54, 1.807) is 0 Å². The number of hydrogen-bond acceptors (Lipinski definition) is 2. The SMILES string of the molecule is Fc1ccc2c(c1Br)C=CCCN2C1CCCCO1. The fraction of sp³-hybridized carbons (Fsp3) is 0.467. The van der Waals surface area contributed by atoms with E-state index in [9.17, 15) is 4.39 Å². The van der Waals surface area contributed by atoms with Gasteiger partial charge in [-0.3, -0.25) is 0 Å². The summed E-state index contributed by atoms with van der Waals surface area (Å²) in [5, 5.41) is 0. The van der Waals surface area contributed by atoms with Crippen molar-refractivity contribution in [3.63, 3.8) is 0 Å². The standard InChI is InChI=1S/C15H17BrFNO/c16-15-11-5-1-3-9-18(13(11)8-7-12(15)17)14-6-2-4-10-19-14/h1,5,7-8,14H,2-4,6,9-10H2. The largest absolute Gasteiger partial charge is 0.358 e. The summed E-state index contributed by atoms with van der Waals surface area (Å²) < 4.78 is 20.1. The fourth-order valence-corrected chi connectivity index (χ4v) is 3.24. The summed E-state index contributed by atoms with van der Waals surface area (Å²) in [4.78, 5) is 2.28. The first-order chi connectivity index (χ1) is 9.27. The summed E-state index contributed by atoms with van der Waals surface area (Å²) in [7, 11) is 0. The van der Waals surface area contributed by atoms with Gasteiger partial charge < -0.3 is 9.64 Å². The van der Waals surface area contributed by atoms with Crippen molar-refractivity contribution in [1.82, 2.24) is 0 Å². The van der Waals surface area contributed by atoms with E-state index in [0.717, 1.165) is 43.7 Å². The molecule has 4 heteroatoms. The van der Waals surface area contributed by atoms with Gasteiger partial charge in [0, 0.05) is 24.4 Å². The lowest BCUT2D eigenvalue weighted by atomic mass is 10.1. The second-order valence-electron chi connectivity index (χ2n) is 5.00. The Morgan fingerprint density at radius 3 is 3.00 bits per heavy atom. The summed E-state index contributed by atoms with van der Waals surface area (Å²) in [6.45, 7) is 1.75. The minimum absolute atomic E-state index is 0.129. The molecule has 0 radical (unpaired) electrons. The molecule has 0 aromatic heterocycles. The number of anilines is 1. The molecule has 1 atom stereocenters. The van der Waals surface area contributed by atoms with Crippen molar-refractivity contribution >= 4 is 27.7 Å². The molecule has 2 aliphatic rings. The van der Waals surface area contributed by atoms with Gasteiger partial charge in [0.25, 0.3) is 0 Å². The fourth-order valence-electron chi connectivity index (χ4n) is 2.77. The molecule has 102 valence electrons. The van der Waals surface area contributed by atoms with Crippen LogP contribution < -0.4 is 4.90 Å². The number of rotatable bonds is 1. The highest BCUT2D eigenvalue weighted by Gasteiger charge is 2.25. The normalized spacial score (nSPS) is 23.1. The summed E-state index contributed by atoms with van der Waals surface area (Å²) >= 11 is 3.36. The second-order valence-corrected chi connectivity index (χ2v) is 5.79. The summed E-state index contributed by atoms with van der Waals surface area (Å²) in [5.41, 5.74) is 1.99. The van der Waals surface area contributed by atoms with Gasteiger partial charge in [0.1, 0.15) is 12.0 Å². The van der Waals surface area contributed by atoms with Crippen LogP contribution >= 0.6 is 15.9 Å². The van der Waals surface area contributed by atoms with Crippen LogP contribution in [0.25, 0.3) is 6.08 Å². The lowest BCUT2D eigenvalue weighted by Gasteiger charge is -2.36. The van der Waals surface area contributed by atoms with Crippen LogP contribution in [0.5, 0.6) is 0 Å². The molecule has 0 amide bonds.